The smallest absolute Gasteiger partial charge is 0.326 e. The number of aromatic nitrogens is 2. The lowest BCUT2D eigenvalue weighted by Crippen LogP contribution is -2.41. The highest BCUT2D eigenvalue weighted by Crippen LogP contribution is 2.32. The van der Waals surface area contributed by atoms with E-state index >= 15 is 0 Å². The van der Waals surface area contributed by atoms with Crippen LogP contribution < -0.4 is 0 Å². The molecule has 0 aliphatic carbocycles. The number of fused-ring (bicyclic) bond motifs is 1. The van der Waals surface area contributed by atoms with Crippen LogP contribution in [0.25, 0.3) is 16.5 Å². The lowest BCUT2D eigenvalue weighted by Gasteiger charge is -2.21. The zero-order valence-electron chi connectivity index (χ0n) is 15.8. The van der Waals surface area contributed by atoms with Gasteiger partial charge in [0.2, 0.25) is 5.91 Å². The number of benzene rings is 2. The molecule has 2 heterocycles. The quantitative estimate of drug-likeness (QED) is 0.552. The van der Waals surface area contributed by atoms with Crippen molar-refractivity contribution in [3.8, 4) is 11.8 Å². The molecule has 2 aromatic carbocycles. The van der Waals surface area contributed by atoms with E-state index in [9.17, 15) is 20.0 Å². The van der Waals surface area contributed by atoms with Gasteiger partial charge in [-0.2, -0.15) is 5.26 Å². The van der Waals surface area contributed by atoms with Crippen molar-refractivity contribution in [2.75, 3.05) is 12.3 Å². The minimum Gasteiger partial charge on any atom is -0.480 e. The van der Waals surface area contributed by atoms with Gasteiger partial charge in [-0.3, -0.25) is 9.36 Å². The number of likely N-dealkylation sites (tertiary alicyclic amines) is 1. The highest BCUT2D eigenvalue weighted by atomic mass is 79.9. The number of nitriles is 1. The summed E-state index contributed by atoms with van der Waals surface area (Å²) in [5.41, 5.74) is 1.43. The van der Waals surface area contributed by atoms with Crippen LogP contribution >= 0.6 is 27.7 Å². The number of carbonyl (C=O) groups excluding carboxylic acids is 1. The molecule has 1 N–H and O–H groups in total. The summed E-state index contributed by atoms with van der Waals surface area (Å²) in [6.45, 7) is 0.467. The van der Waals surface area contributed by atoms with Crippen LogP contribution in [-0.4, -0.2) is 49.8 Å². The van der Waals surface area contributed by atoms with Crippen molar-refractivity contribution in [3.05, 3.63) is 52.8 Å². The summed E-state index contributed by atoms with van der Waals surface area (Å²) in [6.07, 6.45) is 2.85. The first-order chi connectivity index (χ1) is 14.5. The molecule has 9 heteroatoms. The molecule has 0 saturated carbocycles. The molecule has 0 spiro atoms. The fourth-order valence-corrected chi connectivity index (χ4v) is 5.19. The Morgan fingerprint density at radius 1 is 1.27 bits per heavy atom. The highest BCUT2D eigenvalue weighted by Gasteiger charge is 2.33. The summed E-state index contributed by atoms with van der Waals surface area (Å²) in [6, 6.07) is 12.7. The van der Waals surface area contributed by atoms with Crippen LogP contribution in [0, 0.1) is 11.3 Å². The Hall–Kier alpha value is -2.83. The number of nitrogens with zero attached hydrogens (tertiary/aromatic N) is 4. The molecular weight excluding hydrogens is 468 g/mol. The van der Waals surface area contributed by atoms with Crippen LogP contribution in [0.15, 0.2) is 52.4 Å². The van der Waals surface area contributed by atoms with E-state index in [0.29, 0.717) is 30.1 Å². The summed E-state index contributed by atoms with van der Waals surface area (Å²) in [5, 5.41) is 21.1. The number of amides is 1. The Balaban J connectivity index is 1.64. The molecule has 1 aromatic heterocycles. The minimum absolute atomic E-state index is 0.0987. The van der Waals surface area contributed by atoms with E-state index in [0.717, 1.165) is 21.1 Å². The predicted octanol–water partition coefficient (Wildman–Crippen LogP) is 3.83. The van der Waals surface area contributed by atoms with Gasteiger partial charge in [-0.05, 0) is 40.9 Å². The van der Waals surface area contributed by atoms with Crippen molar-refractivity contribution in [2.45, 2.75) is 24.0 Å². The SMILES string of the molecule is N#Cc1ccc(-n2c(Br)cnc2SCC(=O)N2CCCC2C(=O)O)c2ccccc12. The maximum atomic E-state index is 12.6. The third-order valence-electron chi connectivity index (χ3n) is 5.13. The monoisotopic (exact) mass is 484 g/mol. The Morgan fingerprint density at radius 2 is 2.03 bits per heavy atom. The summed E-state index contributed by atoms with van der Waals surface area (Å²) >= 11 is 4.79. The van der Waals surface area contributed by atoms with E-state index in [1.165, 1.54) is 16.7 Å². The third kappa shape index (κ3) is 3.68. The van der Waals surface area contributed by atoms with Crippen molar-refractivity contribution >= 4 is 50.3 Å². The van der Waals surface area contributed by atoms with Gasteiger partial charge in [-0.1, -0.05) is 36.0 Å². The van der Waals surface area contributed by atoms with Gasteiger partial charge in [0.25, 0.3) is 0 Å². The second-order valence-corrected chi connectivity index (χ2v) is 8.62. The van der Waals surface area contributed by atoms with Gasteiger partial charge < -0.3 is 10.0 Å². The van der Waals surface area contributed by atoms with Gasteiger partial charge in [0.15, 0.2) is 5.16 Å². The number of imidazole rings is 1. The Bertz CT molecular complexity index is 1190. The first-order valence-electron chi connectivity index (χ1n) is 9.32. The lowest BCUT2D eigenvalue weighted by atomic mass is 10.0. The molecule has 4 rings (SSSR count). The average molecular weight is 485 g/mol. The molecule has 1 aliphatic rings. The van der Waals surface area contributed by atoms with E-state index in [4.69, 9.17) is 0 Å². The first-order valence-corrected chi connectivity index (χ1v) is 11.1. The lowest BCUT2D eigenvalue weighted by molar-refractivity contribution is -0.147. The first kappa shape index (κ1) is 20.4. The molecule has 152 valence electrons. The van der Waals surface area contributed by atoms with Crippen LogP contribution in [-0.2, 0) is 9.59 Å². The summed E-state index contributed by atoms with van der Waals surface area (Å²) in [5.74, 6) is -1.07. The van der Waals surface area contributed by atoms with Gasteiger partial charge in [0.05, 0.1) is 29.3 Å². The van der Waals surface area contributed by atoms with E-state index in [-0.39, 0.29) is 11.7 Å². The molecule has 1 unspecified atom stereocenters. The number of halogens is 1. The second-order valence-electron chi connectivity index (χ2n) is 6.86. The Kier molecular flexibility index (Phi) is 5.79. The highest BCUT2D eigenvalue weighted by molar-refractivity contribution is 9.10. The number of rotatable bonds is 5. The summed E-state index contributed by atoms with van der Waals surface area (Å²) in [4.78, 5) is 29.9. The topological polar surface area (TPSA) is 99.2 Å². The molecule has 0 bridgehead atoms. The van der Waals surface area contributed by atoms with Crippen LogP contribution in [0.2, 0.25) is 0 Å². The fourth-order valence-electron chi connectivity index (χ4n) is 3.74. The van der Waals surface area contributed by atoms with Crippen LogP contribution in [0.1, 0.15) is 18.4 Å². The summed E-state index contributed by atoms with van der Waals surface area (Å²) in [7, 11) is 0. The molecule has 1 amide bonds. The van der Waals surface area contributed by atoms with Gasteiger partial charge in [0, 0.05) is 17.3 Å². The predicted molar refractivity (Wildman–Crippen MR) is 117 cm³/mol. The number of carboxylic acids is 1. The molecule has 7 nitrogen and oxygen atoms in total. The molecule has 3 aromatic rings. The maximum Gasteiger partial charge on any atom is 0.326 e. The zero-order valence-corrected chi connectivity index (χ0v) is 18.2. The second kappa shape index (κ2) is 8.50. The number of hydrogen-bond donors (Lipinski definition) is 1. The van der Waals surface area contributed by atoms with Crippen LogP contribution in [0.5, 0.6) is 0 Å². The summed E-state index contributed by atoms with van der Waals surface area (Å²) < 4.78 is 2.61. The molecule has 1 aliphatic heterocycles. The van der Waals surface area contributed by atoms with E-state index in [2.05, 4.69) is 27.0 Å². The maximum absolute atomic E-state index is 12.6. The van der Waals surface area contributed by atoms with Gasteiger partial charge in [-0.25, -0.2) is 9.78 Å². The molecule has 1 saturated heterocycles. The molecule has 30 heavy (non-hydrogen) atoms. The molecule has 1 fully saturated rings. The number of carbonyl (C=O) groups is 2. The van der Waals surface area contributed by atoms with Gasteiger partial charge >= 0.3 is 5.97 Å². The van der Waals surface area contributed by atoms with E-state index < -0.39 is 12.0 Å². The molecular formula is C21H17BrN4O3S. The number of aliphatic carboxylic acids is 1. The Morgan fingerprint density at radius 3 is 2.77 bits per heavy atom. The Labute approximate surface area is 185 Å². The van der Waals surface area contributed by atoms with Crippen LogP contribution in [0.4, 0.5) is 0 Å². The third-order valence-corrected chi connectivity index (χ3v) is 6.63. The largest absolute Gasteiger partial charge is 0.480 e. The van der Waals surface area contributed by atoms with Crippen molar-refractivity contribution in [1.82, 2.24) is 14.5 Å². The van der Waals surface area contributed by atoms with Crippen LogP contribution in [0.3, 0.4) is 0 Å². The van der Waals surface area contributed by atoms with Crippen molar-refractivity contribution in [1.29, 1.82) is 5.26 Å². The molecule has 0 radical (unpaired) electrons. The van der Waals surface area contributed by atoms with E-state index in [1.807, 2.05) is 34.9 Å². The fraction of sp³-hybridized carbons (Fsp3) is 0.238. The van der Waals surface area contributed by atoms with Crippen molar-refractivity contribution in [2.24, 2.45) is 0 Å². The van der Waals surface area contributed by atoms with Gasteiger partial charge in [-0.15, -0.1) is 0 Å². The average Bonchev–Trinajstić information content (AvgIpc) is 3.38. The van der Waals surface area contributed by atoms with Crippen molar-refractivity contribution < 1.29 is 14.7 Å². The van der Waals surface area contributed by atoms with E-state index in [1.54, 1.807) is 12.3 Å². The normalized spacial score (nSPS) is 16.0. The minimum atomic E-state index is -0.959. The van der Waals surface area contributed by atoms with Gasteiger partial charge in [0.1, 0.15) is 10.6 Å². The number of carboxylic acid groups (broad SMARTS) is 1. The number of hydrogen-bond acceptors (Lipinski definition) is 5. The standard InChI is InChI=1S/C21H17BrN4O3S/c22-18-11-24-21(30-12-19(27)25-9-3-6-17(25)20(28)29)26(18)16-8-7-13(10-23)14-4-1-2-5-15(14)16/h1-2,4-5,7-8,11,17H,3,6,9,12H2,(H,28,29). The zero-order chi connectivity index (χ0) is 21.3. The number of thioether (sulfide) groups is 1. The van der Waals surface area contributed by atoms with Crippen molar-refractivity contribution in [3.63, 3.8) is 0 Å². The molecule has 1 atom stereocenters.